The maximum atomic E-state index is 13.6. The molecule has 4 heterocycles. The Hall–Kier alpha value is -3.27. The molecule has 1 unspecified atom stereocenters. The highest BCUT2D eigenvalue weighted by atomic mass is 19.1. The largest absolute Gasteiger partial charge is 0.481 e. The van der Waals surface area contributed by atoms with E-state index in [1.807, 2.05) is 0 Å². The normalized spacial score (nSPS) is 17.4. The molecule has 0 saturated carbocycles. The molecule has 1 saturated heterocycles. The van der Waals surface area contributed by atoms with E-state index in [1.165, 1.54) is 18.3 Å². The third-order valence-electron chi connectivity index (χ3n) is 4.42. The van der Waals surface area contributed by atoms with E-state index < -0.39 is 23.4 Å². The van der Waals surface area contributed by atoms with Crippen LogP contribution in [0.15, 0.2) is 35.4 Å². The van der Waals surface area contributed by atoms with Crippen molar-refractivity contribution >= 4 is 22.8 Å². The number of hydrogen-bond acceptors (Lipinski definition) is 6. The number of nitrogens with zero attached hydrogens (tertiary/aromatic N) is 4. The van der Waals surface area contributed by atoms with E-state index in [2.05, 4.69) is 15.1 Å². The fourth-order valence-corrected chi connectivity index (χ4v) is 3.19. The lowest BCUT2D eigenvalue weighted by Gasteiger charge is -2.35. The van der Waals surface area contributed by atoms with Crippen molar-refractivity contribution in [1.29, 1.82) is 0 Å². The van der Waals surface area contributed by atoms with Gasteiger partial charge in [0.25, 0.3) is 5.56 Å². The van der Waals surface area contributed by atoms with E-state index >= 15 is 0 Å². The first kappa shape index (κ1) is 17.2. The van der Waals surface area contributed by atoms with Gasteiger partial charge in [0.1, 0.15) is 17.3 Å². The van der Waals surface area contributed by atoms with Crippen LogP contribution in [0.4, 0.5) is 10.2 Å². The summed E-state index contributed by atoms with van der Waals surface area (Å²) in [6, 6.07) is 3.78. The number of carboxylic acids is 1. The van der Waals surface area contributed by atoms with Crippen molar-refractivity contribution in [3.8, 4) is 5.69 Å². The molecule has 9 nitrogen and oxygen atoms in total. The van der Waals surface area contributed by atoms with Crippen LogP contribution in [0.3, 0.4) is 0 Å². The molecule has 27 heavy (non-hydrogen) atoms. The van der Waals surface area contributed by atoms with Gasteiger partial charge in [-0.25, -0.2) is 9.37 Å². The zero-order valence-corrected chi connectivity index (χ0v) is 14.1. The fourth-order valence-electron chi connectivity index (χ4n) is 3.19. The number of carboxylic acid groups (broad SMARTS) is 1. The Kier molecular flexibility index (Phi) is 4.32. The highest BCUT2D eigenvalue weighted by Crippen LogP contribution is 2.22. The van der Waals surface area contributed by atoms with Crippen LogP contribution in [-0.2, 0) is 9.53 Å². The second kappa shape index (κ2) is 6.80. The number of ether oxygens (including phenoxy) is 1. The third-order valence-corrected chi connectivity index (χ3v) is 4.42. The van der Waals surface area contributed by atoms with Crippen LogP contribution in [0.1, 0.15) is 6.42 Å². The van der Waals surface area contributed by atoms with Gasteiger partial charge in [-0.1, -0.05) is 0 Å². The molecular weight excluding hydrogens is 357 g/mol. The van der Waals surface area contributed by atoms with E-state index in [1.54, 1.807) is 11.0 Å². The number of anilines is 1. The molecule has 0 bridgehead atoms. The van der Waals surface area contributed by atoms with E-state index in [0.717, 1.165) is 10.9 Å². The monoisotopic (exact) mass is 373 g/mol. The molecule has 0 aromatic carbocycles. The zero-order chi connectivity index (χ0) is 19.0. The van der Waals surface area contributed by atoms with Gasteiger partial charge in [0.05, 0.1) is 37.6 Å². The number of nitrogens with one attached hydrogen (secondary N) is 1. The van der Waals surface area contributed by atoms with Crippen LogP contribution in [0.25, 0.3) is 16.7 Å². The maximum Gasteiger partial charge on any atom is 0.305 e. The van der Waals surface area contributed by atoms with E-state index in [9.17, 15) is 14.0 Å². The first-order valence-electron chi connectivity index (χ1n) is 8.32. The molecule has 1 atom stereocenters. The van der Waals surface area contributed by atoms with Gasteiger partial charge in [-0.2, -0.15) is 4.68 Å². The molecule has 0 aliphatic carbocycles. The minimum absolute atomic E-state index is 0.108. The Morgan fingerprint density at radius 3 is 3.11 bits per heavy atom. The minimum Gasteiger partial charge on any atom is -0.481 e. The van der Waals surface area contributed by atoms with Crippen molar-refractivity contribution in [2.24, 2.45) is 0 Å². The lowest BCUT2D eigenvalue weighted by atomic mass is 10.1. The average molecular weight is 373 g/mol. The van der Waals surface area contributed by atoms with Crippen molar-refractivity contribution in [3.63, 3.8) is 0 Å². The molecule has 1 aliphatic heterocycles. The van der Waals surface area contributed by atoms with Crippen molar-refractivity contribution in [3.05, 3.63) is 46.8 Å². The number of carbonyl (C=O) groups is 1. The fraction of sp³-hybridized carbons (Fsp3) is 0.294. The molecular formula is C17H16FN5O4. The molecule has 0 spiro atoms. The van der Waals surface area contributed by atoms with Crippen LogP contribution in [0.2, 0.25) is 0 Å². The molecule has 10 heteroatoms. The van der Waals surface area contributed by atoms with Crippen molar-refractivity contribution in [2.75, 3.05) is 24.7 Å². The highest BCUT2D eigenvalue weighted by Gasteiger charge is 2.27. The van der Waals surface area contributed by atoms with Gasteiger partial charge < -0.3 is 19.7 Å². The summed E-state index contributed by atoms with van der Waals surface area (Å²) in [5.41, 5.74) is 0.402. The molecule has 2 N–H and O–H groups in total. The van der Waals surface area contributed by atoms with Crippen LogP contribution >= 0.6 is 0 Å². The Morgan fingerprint density at radius 1 is 1.44 bits per heavy atom. The number of aromatic amines is 1. The third kappa shape index (κ3) is 3.26. The highest BCUT2D eigenvalue weighted by molar-refractivity contribution is 5.85. The molecule has 0 radical (unpaired) electrons. The first-order valence-corrected chi connectivity index (χ1v) is 8.32. The van der Waals surface area contributed by atoms with Gasteiger partial charge in [-0.15, -0.1) is 5.10 Å². The molecule has 4 rings (SSSR count). The van der Waals surface area contributed by atoms with Crippen molar-refractivity contribution in [2.45, 2.75) is 12.5 Å². The Balaban J connectivity index is 1.78. The molecule has 1 fully saturated rings. The number of morpholine rings is 1. The molecule has 3 aromatic heterocycles. The summed E-state index contributed by atoms with van der Waals surface area (Å²) >= 11 is 0. The Morgan fingerprint density at radius 2 is 2.30 bits per heavy atom. The summed E-state index contributed by atoms with van der Waals surface area (Å²) in [5.74, 6) is -1.02. The summed E-state index contributed by atoms with van der Waals surface area (Å²) in [6.45, 7) is 1.14. The standard InChI is InChI=1S/C17H16FN5O4/c18-10-5-12-13(8-20-17(12)19-7-10)23-15(24)2-1-14(21-23)22-3-4-27-9-11(22)6-16(25)26/h1-2,5,7-8,11H,3-4,6,9H2,(H,19,20)(H,25,26). The number of fused-ring (bicyclic) bond motifs is 1. The van der Waals surface area contributed by atoms with E-state index in [4.69, 9.17) is 9.84 Å². The summed E-state index contributed by atoms with van der Waals surface area (Å²) in [7, 11) is 0. The zero-order valence-electron chi connectivity index (χ0n) is 14.1. The predicted octanol–water partition coefficient (Wildman–Crippen LogP) is 0.928. The topological polar surface area (TPSA) is 113 Å². The van der Waals surface area contributed by atoms with Gasteiger partial charge in [0.2, 0.25) is 0 Å². The number of H-pyrrole nitrogens is 1. The molecule has 3 aromatic rings. The van der Waals surface area contributed by atoms with E-state index in [-0.39, 0.29) is 13.0 Å². The molecule has 0 amide bonds. The van der Waals surface area contributed by atoms with Gasteiger partial charge >= 0.3 is 5.97 Å². The molecule has 1 aliphatic rings. The number of aromatic nitrogens is 4. The van der Waals surface area contributed by atoms with Crippen LogP contribution in [-0.4, -0.2) is 56.6 Å². The summed E-state index contributed by atoms with van der Waals surface area (Å²) in [4.78, 5) is 32.1. The van der Waals surface area contributed by atoms with Crippen LogP contribution in [0.5, 0.6) is 0 Å². The number of rotatable bonds is 4. The maximum absolute atomic E-state index is 13.6. The quantitative estimate of drug-likeness (QED) is 0.699. The average Bonchev–Trinajstić information content (AvgIpc) is 3.05. The SMILES string of the molecule is O=C(O)CC1COCCN1c1ccc(=O)n(-c2c[nH]c3ncc(F)cc23)n1. The molecule has 140 valence electrons. The number of pyridine rings is 1. The number of hydrogen-bond donors (Lipinski definition) is 2. The lowest BCUT2D eigenvalue weighted by Crippen LogP contribution is -2.47. The lowest BCUT2D eigenvalue weighted by molar-refractivity contribution is -0.138. The van der Waals surface area contributed by atoms with Crippen molar-refractivity contribution in [1.82, 2.24) is 19.7 Å². The van der Waals surface area contributed by atoms with E-state index in [0.29, 0.717) is 35.7 Å². The van der Waals surface area contributed by atoms with Gasteiger partial charge in [0, 0.05) is 24.2 Å². The summed E-state index contributed by atoms with van der Waals surface area (Å²) in [6.07, 6.45) is 2.51. The number of halogens is 1. The van der Waals surface area contributed by atoms with Crippen LogP contribution < -0.4 is 10.5 Å². The Bertz CT molecular complexity index is 1060. The van der Waals surface area contributed by atoms with Gasteiger partial charge in [-0.05, 0) is 12.1 Å². The second-order valence-corrected chi connectivity index (χ2v) is 6.19. The second-order valence-electron chi connectivity index (χ2n) is 6.19. The number of aliphatic carboxylic acids is 1. The van der Waals surface area contributed by atoms with Crippen molar-refractivity contribution < 1.29 is 19.0 Å². The summed E-state index contributed by atoms with van der Waals surface area (Å²) < 4.78 is 20.1. The smallest absolute Gasteiger partial charge is 0.305 e. The Labute approximate surface area is 152 Å². The van der Waals surface area contributed by atoms with Gasteiger partial charge in [0.15, 0.2) is 0 Å². The predicted molar refractivity (Wildman–Crippen MR) is 93.6 cm³/mol. The minimum atomic E-state index is -0.943. The van der Waals surface area contributed by atoms with Gasteiger partial charge in [-0.3, -0.25) is 9.59 Å². The summed E-state index contributed by atoms with van der Waals surface area (Å²) in [5, 5.41) is 13.9. The first-order chi connectivity index (χ1) is 13.0. The van der Waals surface area contributed by atoms with Crippen LogP contribution in [0, 0.1) is 5.82 Å².